The number of nitrogens with one attached hydrogen (secondary N) is 1. The number of carbonyl (C=O) groups excluding carboxylic acids is 1. The van der Waals surface area contributed by atoms with Crippen molar-refractivity contribution in [2.75, 3.05) is 12.3 Å². The predicted octanol–water partition coefficient (Wildman–Crippen LogP) is 3.40. The highest BCUT2D eigenvalue weighted by atomic mass is 32.2. The zero-order valence-electron chi connectivity index (χ0n) is 21.1. The highest BCUT2D eigenvalue weighted by molar-refractivity contribution is 7.85. The van der Waals surface area contributed by atoms with Crippen molar-refractivity contribution in [2.24, 2.45) is 46.3 Å². The van der Waals surface area contributed by atoms with E-state index in [1.807, 2.05) is 0 Å². The summed E-state index contributed by atoms with van der Waals surface area (Å²) in [5.74, 6) is 2.10. The molecule has 4 fully saturated rings. The molecule has 0 spiro atoms. The van der Waals surface area contributed by atoms with E-state index in [1.165, 1.54) is 6.42 Å². The molecule has 0 aliphatic heterocycles. The quantitative estimate of drug-likeness (QED) is 0.398. The maximum Gasteiger partial charge on any atom is 0.266 e. The van der Waals surface area contributed by atoms with Gasteiger partial charge in [0.2, 0.25) is 5.91 Å². The molecule has 0 radical (unpaired) electrons. The molecular formula is C26H45NO6S. The Labute approximate surface area is 205 Å². The van der Waals surface area contributed by atoms with Crippen molar-refractivity contribution in [3.05, 3.63) is 0 Å². The SMILES string of the molecule is C[C@H](CCC(=O)NCCS(=O)(=O)O)[C@H]1CCC2C3C(O)CC4C[C@H](O)CC[C@]4(C)C3CC[C@@]21C. The first kappa shape index (κ1) is 26.4. The fourth-order valence-electron chi connectivity index (χ4n) is 9.14. The van der Waals surface area contributed by atoms with Gasteiger partial charge in [-0.2, -0.15) is 8.42 Å². The smallest absolute Gasteiger partial charge is 0.266 e. The Hall–Kier alpha value is -0.700. The molecule has 4 aliphatic carbocycles. The third-order valence-corrected chi connectivity index (χ3v) is 11.6. The molecular weight excluding hydrogens is 454 g/mol. The van der Waals surface area contributed by atoms with E-state index in [2.05, 4.69) is 26.1 Å². The lowest BCUT2D eigenvalue weighted by atomic mass is 9.43. The van der Waals surface area contributed by atoms with Gasteiger partial charge in [0.25, 0.3) is 10.1 Å². The van der Waals surface area contributed by atoms with Crippen molar-refractivity contribution in [1.29, 1.82) is 0 Å². The lowest BCUT2D eigenvalue weighted by Gasteiger charge is -2.62. The zero-order chi connectivity index (χ0) is 24.9. The summed E-state index contributed by atoms with van der Waals surface area (Å²) in [4.78, 5) is 12.2. The minimum absolute atomic E-state index is 0.0625. The average Bonchev–Trinajstić information content (AvgIpc) is 3.09. The van der Waals surface area contributed by atoms with Crippen LogP contribution in [0.2, 0.25) is 0 Å². The van der Waals surface area contributed by atoms with Gasteiger partial charge in [-0.05, 0) is 104 Å². The summed E-state index contributed by atoms with van der Waals surface area (Å²) < 4.78 is 30.5. The Morgan fingerprint density at radius 1 is 1.03 bits per heavy atom. The van der Waals surface area contributed by atoms with E-state index >= 15 is 0 Å². The van der Waals surface area contributed by atoms with Crippen molar-refractivity contribution in [3.63, 3.8) is 0 Å². The number of hydrogen-bond acceptors (Lipinski definition) is 5. The van der Waals surface area contributed by atoms with Gasteiger partial charge in [0.05, 0.1) is 18.0 Å². The Morgan fingerprint density at radius 2 is 1.71 bits per heavy atom. The Morgan fingerprint density at radius 3 is 2.41 bits per heavy atom. The Bertz CT molecular complexity index is 863. The Balaban J connectivity index is 1.39. The van der Waals surface area contributed by atoms with Crippen LogP contribution >= 0.6 is 0 Å². The van der Waals surface area contributed by atoms with Crippen LogP contribution < -0.4 is 5.32 Å². The maximum absolute atomic E-state index is 12.2. The molecule has 0 heterocycles. The lowest BCUT2D eigenvalue weighted by molar-refractivity contribution is -0.174. The molecule has 4 rings (SSSR count). The number of amides is 1. The molecule has 5 unspecified atom stereocenters. The van der Waals surface area contributed by atoms with Gasteiger partial charge >= 0.3 is 0 Å². The van der Waals surface area contributed by atoms with Crippen LogP contribution in [0.4, 0.5) is 0 Å². The van der Waals surface area contributed by atoms with E-state index in [0.29, 0.717) is 41.9 Å². The van der Waals surface area contributed by atoms with Crippen molar-refractivity contribution in [1.82, 2.24) is 5.32 Å². The third kappa shape index (κ3) is 4.94. The summed E-state index contributed by atoms with van der Waals surface area (Å²) in [5, 5.41) is 24.2. The molecule has 34 heavy (non-hydrogen) atoms. The number of fused-ring (bicyclic) bond motifs is 5. The topological polar surface area (TPSA) is 124 Å². The van der Waals surface area contributed by atoms with Gasteiger partial charge < -0.3 is 15.5 Å². The number of aliphatic hydroxyl groups excluding tert-OH is 2. The first-order valence-electron chi connectivity index (χ1n) is 13.4. The average molecular weight is 500 g/mol. The van der Waals surface area contributed by atoms with Crippen LogP contribution in [0.5, 0.6) is 0 Å². The summed E-state index contributed by atoms with van der Waals surface area (Å²) in [6, 6.07) is 0. The number of rotatable bonds is 7. The van der Waals surface area contributed by atoms with Crippen molar-refractivity contribution >= 4 is 16.0 Å². The minimum Gasteiger partial charge on any atom is -0.393 e. The second kappa shape index (κ2) is 9.64. The Kier molecular flexibility index (Phi) is 7.47. The van der Waals surface area contributed by atoms with Gasteiger partial charge in [0.1, 0.15) is 0 Å². The fourth-order valence-corrected chi connectivity index (χ4v) is 9.50. The highest BCUT2D eigenvalue weighted by Gasteiger charge is 2.62. The molecule has 1 amide bonds. The number of carbonyl (C=O) groups is 1. The molecule has 0 aromatic carbocycles. The van der Waals surface area contributed by atoms with Crippen LogP contribution in [-0.2, 0) is 14.9 Å². The normalized spacial score (nSPS) is 45.1. The summed E-state index contributed by atoms with van der Waals surface area (Å²) in [6.07, 6.45) is 8.87. The number of aliphatic hydroxyl groups is 2. The second-order valence-electron chi connectivity index (χ2n) is 12.6. The zero-order valence-corrected chi connectivity index (χ0v) is 21.9. The van der Waals surface area contributed by atoms with Gasteiger partial charge in [-0.1, -0.05) is 20.8 Å². The molecule has 0 aromatic rings. The molecule has 0 aromatic heterocycles. The van der Waals surface area contributed by atoms with E-state index in [0.717, 1.165) is 51.4 Å². The first-order chi connectivity index (χ1) is 15.8. The molecule has 8 heteroatoms. The fraction of sp³-hybridized carbons (Fsp3) is 0.962. The van der Waals surface area contributed by atoms with Crippen LogP contribution in [0, 0.1) is 46.3 Å². The van der Waals surface area contributed by atoms with Crippen LogP contribution in [-0.4, -0.2) is 53.6 Å². The van der Waals surface area contributed by atoms with Gasteiger partial charge in [0.15, 0.2) is 0 Å². The molecule has 4 aliphatic rings. The summed E-state index contributed by atoms with van der Waals surface area (Å²) >= 11 is 0. The van der Waals surface area contributed by atoms with Crippen molar-refractivity contribution < 1.29 is 28.0 Å². The summed E-state index contributed by atoms with van der Waals surface area (Å²) in [5.41, 5.74) is 0.411. The van der Waals surface area contributed by atoms with Crippen molar-refractivity contribution in [2.45, 2.75) is 97.2 Å². The van der Waals surface area contributed by atoms with Crippen LogP contribution in [0.25, 0.3) is 0 Å². The minimum atomic E-state index is -4.06. The summed E-state index contributed by atoms with van der Waals surface area (Å²) in [6.45, 7) is 7.05. The highest BCUT2D eigenvalue weighted by Crippen LogP contribution is 2.68. The van der Waals surface area contributed by atoms with Gasteiger partial charge in [-0.15, -0.1) is 0 Å². The number of hydrogen-bond donors (Lipinski definition) is 4. The van der Waals surface area contributed by atoms with Crippen molar-refractivity contribution in [3.8, 4) is 0 Å². The molecule has 0 saturated heterocycles. The predicted molar refractivity (Wildman–Crippen MR) is 130 cm³/mol. The largest absolute Gasteiger partial charge is 0.393 e. The van der Waals surface area contributed by atoms with E-state index < -0.39 is 15.9 Å². The molecule has 4 N–H and O–H groups in total. The molecule has 196 valence electrons. The van der Waals surface area contributed by atoms with E-state index in [-0.39, 0.29) is 35.5 Å². The van der Waals surface area contributed by atoms with E-state index in [9.17, 15) is 23.4 Å². The molecule has 0 bridgehead atoms. The standard InChI is InChI=1S/C26H45NO6S/c1-16(4-7-23(30)27-12-13-34(31,32)33)19-5-6-20-24-21(9-11-26(19,20)3)25(2)10-8-18(28)14-17(25)15-22(24)29/h16-22,24,28-29H,4-15H2,1-3H3,(H,27,30)(H,31,32,33)/t16-,17?,18-,19-,20?,21?,22?,24?,25+,26-/m1/s1. The van der Waals surface area contributed by atoms with Crippen LogP contribution in [0.1, 0.15) is 85.0 Å². The second-order valence-corrected chi connectivity index (χ2v) is 14.2. The first-order valence-corrected chi connectivity index (χ1v) is 15.0. The van der Waals surface area contributed by atoms with Gasteiger partial charge in [0, 0.05) is 13.0 Å². The molecule has 4 saturated carbocycles. The van der Waals surface area contributed by atoms with Crippen LogP contribution in [0.3, 0.4) is 0 Å². The van der Waals surface area contributed by atoms with Crippen LogP contribution in [0.15, 0.2) is 0 Å². The summed E-state index contributed by atoms with van der Waals surface area (Å²) in [7, 11) is -4.06. The van der Waals surface area contributed by atoms with E-state index in [1.54, 1.807) is 0 Å². The molecule has 10 atom stereocenters. The van der Waals surface area contributed by atoms with E-state index in [4.69, 9.17) is 4.55 Å². The van der Waals surface area contributed by atoms with Gasteiger partial charge in [-0.3, -0.25) is 9.35 Å². The maximum atomic E-state index is 12.2. The third-order valence-electron chi connectivity index (χ3n) is 10.9. The molecule has 7 nitrogen and oxygen atoms in total. The monoisotopic (exact) mass is 499 g/mol. The lowest BCUT2D eigenvalue weighted by Crippen LogP contribution is -2.58. The van der Waals surface area contributed by atoms with Gasteiger partial charge in [-0.25, -0.2) is 0 Å².